The Hall–Kier alpha value is -1.22. The number of methoxy groups -OCH3 is 2. The average Bonchev–Trinajstić information content (AvgIpc) is 2.30. The highest BCUT2D eigenvalue weighted by Crippen LogP contribution is 2.34. The van der Waals surface area contributed by atoms with E-state index in [0.717, 1.165) is 24.2 Å². The number of aliphatic hydroxyl groups excluding tert-OH is 1. The first-order valence-corrected chi connectivity index (χ1v) is 4.86. The summed E-state index contributed by atoms with van der Waals surface area (Å²) in [6.45, 7) is 4.25. The topological polar surface area (TPSA) is 38.7 Å². The molecule has 0 radical (unpaired) electrons. The molecule has 0 saturated heterocycles. The van der Waals surface area contributed by atoms with E-state index >= 15 is 0 Å². The van der Waals surface area contributed by atoms with Gasteiger partial charge in [-0.25, -0.2) is 0 Å². The van der Waals surface area contributed by atoms with Crippen LogP contribution in [0.2, 0.25) is 0 Å². The van der Waals surface area contributed by atoms with Crippen molar-refractivity contribution in [3.8, 4) is 11.5 Å². The Morgan fingerprint density at radius 1 is 1.00 bits per heavy atom. The molecule has 86 valence electrons. The van der Waals surface area contributed by atoms with Gasteiger partial charge in [-0.3, -0.25) is 0 Å². The normalized spacial score (nSPS) is 9.27. The highest BCUT2D eigenvalue weighted by Gasteiger charge is 2.12. The molecule has 0 atom stereocenters. The van der Waals surface area contributed by atoms with Crippen molar-refractivity contribution < 1.29 is 14.6 Å². The molecule has 0 aliphatic heterocycles. The third-order valence-electron chi connectivity index (χ3n) is 2.04. The highest BCUT2D eigenvalue weighted by molar-refractivity contribution is 5.46. The van der Waals surface area contributed by atoms with Crippen molar-refractivity contribution >= 4 is 0 Å². The smallest absolute Gasteiger partial charge is 0.126 e. The number of rotatable bonds is 3. The van der Waals surface area contributed by atoms with E-state index in [1.54, 1.807) is 14.2 Å². The first-order chi connectivity index (χ1) is 7.20. The van der Waals surface area contributed by atoms with Gasteiger partial charge in [0, 0.05) is 12.7 Å². The van der Waals surface area contributed by atoms with Crippen molar-refractivity contribution in [3.63, 3.8) is 0 Å². The summed E-state index contributed by atoms with van der Waals surface area (Å²) >= 11 is 0. The van der Waals surface area contributed by atoms with Gasteiger partial charge >= 0.3 is 0 Å². The van der Waals surface area contributed by atoms with Crippen LogP contribution in [0.4, 0.5) is 0 Å². The fraction of sp³-hybridized carbons (Fsp3) is 0.500. The lowest BCUT2D eigenvalue weighted by Crippen LogP contribution is -1.98. The highest BCUT2D eigenvalue weighted by atomic mass is 16.5. The van der Waals surface area contributed by atoms with Gasteiger partial charge in [0.1, 0.15) is 11.5 Å². The lowest BCUT2D eigenvalue weighted by atomic mass is 10.0. The van der Waals surface area contributed by atoms with Crippen LogP contribution in [0, 0.1) is 0 Å². The van der Waals surface area contributed by atoms with E-state index < -0.39 is 0 Å². The molecule has 0 saturated carbocycles. The summed E-state index contributed by atoms with van der Waals surface area (Å²) < 4.78 is 10.5. The van der Waals surface area contributed by atoms with Gasteiger partial charge in [-0.15, -0.1) is 0 Å². The van der Waals surface area contributed by atoms with Crippen LogP contribution >= 0.6 is 0 Å². The molecule has 15 heavy (non-hydrogen) atoms. The zero-order valence-corrected chi connectivity index (χ0v) is 10.1. The second kappa shape index (κ2) is 7.12. The number of hydrogen-bond donors (Lipinski definition) is 1. The van der Waals surface area contributed by atoms with E-state index in [1.807, 2.05) is 18.2 Å². The van der Waals surface area contributed by atoms with Crippen molar-refractivity contribution in [2.75, 3.05) is 21.3 Å². The third-order valence-corrected chi connectivity index (χ3v) is 2.04. The molecule has 0 heterocycles. The van der Waals surface area contributed by atoms with Crippen LogP contribution in [0.5, 0.6) is 11.5 Å². The second-order valence-corrected chi connectivity index (χ2v) is 3.23. The van der Waals surface area contributed by atoms with Gasteiger partial charge < -0.3 is 14.6 Å². The Morgan fingerprint density at radius 3 is 1.67 bits per heavy atom. The maximum Gasteiger partial charge on any atom is 0.126 e. The Bertz CT molecular complexity index is 260. The molecule has 1 rings (SSSR count). The monoisotopic (exact) mass is 212 g/mol. The molecule has 1 N–H and O–H groups in total. The summed E-state index contributed by atoms with van der Waals surface area (Å²) in [7, 11) is 4.36. The van der Waals surface area contributed by atoms with Gasteiger partial charge in [0.15, 0.2) is 0 Å². The Kier molecular flexibility index (Phi) is 6.54. The van der Waals surface area contributed by atoms with Crippen molar-refractivity contribution in [2.24, 2.45) is 0 Å². The van der Waals surface area contributed by atoms with Crippen molar-refractivity contribution in [1.29, 1.82) is 0 Å². The van der Waals surface area contributed by atoms with Crippen molar-refractivity contribution in [3.05, 3.63) is 23.8 Å². The molecule has 0 amide bonds. The molecular weight excluding hydrogens is 192 g/mol. The first-order valence-electron chi connectivity index (χ1n) is 4.86. The van der Waals surface area contributed by atoms with Gasteiger partial charge in [0.2, 0.25) is 0 Å². The fourth-order valence-corrected chi connectivity index (χ4v) is 1.45. The Morgan fingerprint density at radius 2 is 1.40 bits per heavy atom. The van der Waals surface area contributed by atoms with Gasteiger partial charge in [0.05, 0.1) is 14.2 Å². The number of aliphatic hydroxyl groups is 1. The molecular formula is C12H20O3. The number of benzene rings is 1. The minimum Gasteiger partial charge on any atom is -0.496 e. The first kappa shape index (κ1) is 13.8. The molecule has 0 bridgehead atoms. The molecule has 3 nitrogen and oxygen atoms in total. The summed E-state index contributed by atoms with van der Waals surface area (Å²) in [5, 5.41) is 7.00. The lowest BCUT2D eigenvalue weighted by molar-refractivity contribution is 0.382. The molecule has 0 aliphatic carbocycles. The van der Waals surface area contributed by atoms with E-state index in [0.29, 0.717) is 5.92 Å². The molecule has 0 unspecified atom stereocenters. The van der Waals surface area contributed by atoms with E-state index in [2.05, 4.69) is 13.8 Å². The summed E-state index contributed by atoms with van der Waals surface area (Å²) in [6, 6.07) is 5.85. The molecule has 1 aromatic rings. The Balaban J connectivity index is 0.000000921. The van der Waals surface area contributed by atoms with Gasteiger partial charge in [-0.2, -0.15) is 0 Å². The molecule has 0 aromatic heterocycles. The zero-order valence-electron chi connectivity index (χ0n) is 10.1. The van der Waals surface area contributed by atoms with Crippen LogP contribution in [0.15, 0.2) is 18.2 Å². The number of hydrogen-bond acceptors (Lipinski definition) is 3. The standard InChI is InChI=1S/C11H16O2.CH4O/c1-8(2)11-9(12-3)6-5-7-10(11)13-4;1-2/h5-8H,1-4H3;2H,1H3. The maximum absolute atomic E-state index is 7.00. The summed E-state index contributed by atoms with van der Waals surface area (Å²) in [4.78, 5) is 0. The van der Waals surface area contributed by atoms with Crippen molar-refractivity contribution in [2.45, 2.75) is 19.8 Å². The van der Waals surface area contributed by atoms with Gasteiger partial charge in [-0.05, 0) is 18.1 Å². The molecule has 1 aromatic carbocycles. The van der Waals surface area contributed by atoms with Crippen LogP contribution in [-0.4, -0.2) is 26.4 Å². The van der Waals surface area contributed by atoms with E-state index in [9.17, 15) is 0 Å². The van der Waals surface area contributed by atoms with Crippen LogP contribution in [0.3, 0.4) is 0 Å². The van der Waals surface area contributed by atoms with Gasteiger partial charge in [0.25, 0.3) is 0 Å². The minimum absolute atomic E-state index is 0.408. The molecule has 0 spiro atoms. The van der Waals surface area contributed by atoms with Crippen LogP contribution in [0.25, 0.3) is 0 Å². The van der Waals surface area contributed by atoms with Crippen molar-refractivity contribution in [1.82, 2.24) is 0 Å². The predicted octanol–water partition coefficient (Wildman–Crippen LogP) is 2.44. The van der Waals surface area contributed by atoms with Crippen LogP contribution in [0.1, 0.15) is 25.3 Å². The largest absolute Gasteiger partial charge is 0.496 e. The lowest BCUT2D eigenvalue weighted by Gasteiger charge is -2.15. The zero-order chi connectivity index (χ0) is 11.8. The molecule has 0 fully saturated rings. The van der Waals surface area contributed by atoms with Crippen LogP contribution in [-0.2, 0) is 0 Å². The average molecular weight is 212 g/mol. The Labute approximate surface area is 91.6 Å². The second-order valence-electron chi connectivity index (χ2n) is 3.23. The van der Waals surface area contributed by atoms with Crippen LogP contribution < -0.4 is 9.47 Å². The quantitative estimate of drug-likeness (QED) is 0.836. The summed E-state index contributed by atoms with van der Waals surface area (Å²) in [5.74, 6) is 2.20. The number of ether oxygens (including phenoxy) is 2. The third kappa shape index (κ3) is 3.44. The van der Waals surface area contributed by atoms with E-state index in [1.165, 1.54) is 0 Å². The maximum atomic E-state index is 7.00. The fourth-order valence-electron chi connectivity index (χ4n) is 1.45. The minimum atomic E-state index is 0.408. The molecule has 3 heteroatoms. The summed E-state index contributed by atoms with van der Waals surface area (Å²) in [5.41, 5.74) is 1.13. The molecule has 0 aliphatic rings. The van der Waals surface area contributed by atoms with Gasteiger partial charge in [-0.1, -0.05) is 19.9 Å². The predicted molar refractivity (Wildman–Crippen MR) is 61.8 cm³/mol. The summed E-state index contributed by atoms with van der Waals surface area (Å²) in [6.07, 6.45) is 0. The van der Waals surface area contributed by atoms with E-state index in [-0.39, 0.29) is 0 Å². The SMILES string of the molecule is CO.COc1cccc(OC)c1C(C)C. The van der Waals surface area contributed by atoms with E-state index in [4.69, 9.17) is 14.6 Å².